The van der Waals surface area contributed by atoms with E-state index in [1.54, 1.807) is 6.08 Å². The Bertz CT molecular complexity index is 1130. The fourth-order valence-electron chi connectivity index (χ4n) is 6.17. The summed E-state index contributed by atoms with van der Waals surface area (Å²) in [6, 6.07) is 14.0. The maximum Gasteiger partial charge on any atom is 0.410 e. The van der Waals surface area contributed by atoms with E-state index in [9.17, 15) is 9.59 Å². The Hall–Kier alpha value is -3.28. The first-order valence-corrected chi connectivity index (χ1v) is 11.3. The third-order valence-corrected chi connectivity index (χ3v) is 7.45. The molecule has 2 aliphatic heterocycles. The average molecular weight is 431 g/mol. The first-order chi connectivity index (χ1) is 15.6. The molecule has 0 N–H and O–H groups in total. The van der Waals surface area contributed by atoms with Crippen LogP contribution in [0.4, 0.5) is 4.79 Å². The highest BCUT2D eigenvalue weighted by atomic mass is 16.6. The molecule has 2 aliphatic carbocycles. The van der Waals surface area contributed by atoms with Crippen LogP contribution >= 0.6 is 0 Å². The molecule has 0 aromatic heterocycles. The third-order valence-electron chi connectivity index (χ3n) is 7.45. The van der Waals surface area contributed by atoms with Crippen molar-refractivity contribution in [2.24, 2.45) is 5.92 Å². The van der Waals surface area contributed by atoms with Crippen LogP contribution in [0.5, 0.6) is 11.5 Å². The SMILES string of the molecule is CCOC(=O)N1CC[C@]23c4c5ccc(OCc6ccccc6)c4O[C@H]2C(=O)C=CC3C1C5. The zero-order valence-corrected chi connectivity index (χ0v) is 18.0. The molecule has 1 fully saturated rings. The van der Waals surface area contributed by atoms with Crippen LogP contribution in [0.25, 0.3) is 0 Å². The van der Waals surface area contributed by atoms with Gasteiger partial charge in [0.05, 0.1) is 12.0 Å². The highest BCUT2D eigenvalue weighted by Gasteiger charge is 2.65. The minimum Gasteiger partial charge on any atom is -0.485 e. The van der Waals surface area contributed by atoms with E-state index in [0.717, 1.165) is 16.7 Å². The standard InChI is InChI=1S/C26H25NO5/c1-2-30-25(29)27-13-12-26-18-9-10-20(28)24(26)32-23-21(31-15-16-6-4-3-5-7-16)11-8-17(22(23)26)14-19(18)27/h3-11,18-19,24H,2,12-15H2,1H3/t18?,19?,24-,26-/m0/s1. The Balaban J connectivity index is 1.42. The van der Waals surface area contributed by atoms with Crippen molar-refractivity contribution in [3.63, 3.8) is 0 Å². The van der Waals surface area contributed by atoms with Crippen LogP contribution in [0.2, 0.25) is 0 Å². The maximum absolute atomic E-state index is 13.0. The quantitative estimate of drug-likeness (QED) is 0.737. The summed E-state index contributed by atoms with van der Waals surface area (Å²) in [5.41, 5.74) is 2.86. The lowest BCUT2D eigenvalue weighted by atomic mass is 9.53. The maximum atomic E-state index is 13.0. The zero-order chi connectivity index (χ0) is 21.9. The second-order valence-electron chi connectivity index (χ2n) is 8.94. The zero-order valence-electron chi connectivity index (χ0n) is 18.0. The molecule has 2 heterocycles. The summed E-state index contributed by atoms with van der Waals surface area (Å²) in [6.07, 6.45) is 4.15. The van der Waals surface area contributed by atoms with E-state index >= 15 is 0 Å². The lowest BCUT2D eigenvalue weighted by molar-refractivity contribution is -0.127. The molecule has 2 unspecified atom stereocenters. The van der Waals surface area contributed by atoms with Gasteiger partial charge in [-0.25, -0.2) is 4.79 Å². The Kier molecular flexibility index (Phi) is 4.32. The molecule has 2 aromatic carbocycles. The number of rotatable bonds is 4. The molecule has 0 saturated carbocycles. The molecule has 1 saturated heterocycles. The monoisotopic (exact) mass is 431 g/mol. The van der Waals surface area contributed by atoms with Crippen molar-refractivity contribution in [1.82, 2.24) is 4.90 Å². The number of piperidine rings is 1. The van der Waals surface area contributed by atoms with Crippen molar-refractivity contribution >= 4 is 11.9 Å². The average Bonchev–Trinajstić information content (AvgIpc) is 3.15. The summed E-state index contributed by atoms with van der Waals surface area (Å²) in [7, 11) is 0. The number of amides is 1. The van der Waals surface area contributed by atoms with Gasteiger partial charge in [0.2, 0.25) is 0 Å². The molecule has 4 aliphatic rings. The van der Waals surface area contributed by atoms with Gasteiger partial charge in [-0.2, -0.15) is 0 Å². The van der Waals surface area contributed by atoms with Gasteiger partial charge in [0.15, 0.2) is 23.4 Å². The van der Waals surface area contributed by atoms with Crippen molar-refractivity contribution in [2.75, 3.05) is 13.2 Å². The number of nitrogens with zero attached hydrogens (tertiary/aromatic N) is 1. The molecular formula is C26H25NO5. The lowest BCUT2D eigenvalue weighted by Crippen LogP contribution is -2.65. The highest BCUT2D eigenvalue weighted by molar-refractivity contribution is 5.98. The second-order valence-corrected chi connectivity index (χ2v) is 8.94. The van der Waals surface area contributed by atoms with Gasteiger partial charge in [-0.15, -0.1) is 0 Å². The minimum atomic E-state index is -0.570. The Morgan fingerprint density at radius 3 is 2.88 bits per heavy atom. The molecule has 6 nitrogen and oxygen atoms in total. The number of ketones is 1. The van der Waals surface area contributed by atoms with Gasteiger partial charge < -0.3 is 19.1 Å². The first-order valence-electron chi connectivity index (χ1n) is 11.3. The smallest absolute Gasteiger partial charge is 0.410 e. The summed E-state index contributed by atoms with van der Waals surface area (Å²) in [6.45, 7) is 3.15. The molecule has 4 atom stereocenters. The summed E-state index contributed by atoms with van der Waals surface area (Å²) in [5, 5.41) is 0. The Labute approximate surface area is 186 Å². The fourth-order valence-corrected chi connectivity index (χ4v) is 6.17. The molecular weight excluding hydrogens is 406 g/mol. The number of likely N-dealkylation sites (tertiary alicyclic amines) is 1. The predicted octanol–water partition coefficient (Wildman–Crippen LogP) is 3.81. The Morgan fingerprint density at radius 1 is 1.22 bits per heavy atom. The van der Waals surface area contributed by atoms with Gasteiger partial charge >= 0.3 is 6.09 Å². The van der Waals surface area contributed by atoms with Crippen LogP contribution in [-0.4, -0.2) is 42.1 Å². The van der Waals surface area contributed by atoms with Gasteiger partial charge in [0, 0.05) is 24.1 Å². The van der Waals surface area contributed by atoms with Gasteiger partial charge in [-0.3, -0.25) is 4.79 Å². The summed E-state index contributed by atoms with van der Waals surface area (Å²) in [4.78, 5) is 27.5. The van der Waals surface area contributed by atoms with Crippen molar-refractivity contribution in [3.8, 4) is 11.5 Å². The summed E-state index contributed by atoms with van der Waals surface area (Å²) >= 11 is 0. The molecule has 6 rings (SSSR count). The molecule has 6 heteroatoms. The van der Waals surface area contributed by atoms with Gasteiger partial charge in [0.25, 0.3) is 0 Å². The topological polar surface area (TPSA) is 65.1 Å². The van der Waals surface area contributed by atoms with Crippen LogP contribution < -0.4 is 9.47 Å². The van der Waals surface area contributed by atoms with Crippen LogP contribution in [0.1, 0.15) is 30.0 Å². The van der Waals surface area contributed by atoms with E-state index in [2.05, 4.69) is 6.07 Å². The van der Waals surface area contributed by atoms with Crippen molar-refractivity contribution < 1.29 is 23.8 Å². The van der Waals surface area contributed by atoms with Gasteiger partial charge in [0.1, 0.15) is 6.61 Å². The highest BCUT2D eigenvalue weighted by Crippen LogP contribution is 2.62. The molecule has 1 amide bonds. The van der Waals surface area contributed by atoms with E-state index in [4.69, 9.17) is 14.2 Å². The normalized spacial score (nSPS) is 28.7. The molecule has 1 spiro atoms. The second kappa shape index (κ2) is 7.12. The number of carbonyl (C=O) groups excluding carboxylic acids is 2. The number of ether oxygens (including phenoxy) is 3. The van der Waals surface area contributed by atoms with Crippen LogP contribution in [0, 0.1) is 5.92 Å². The molecule has 164 valence electrons. The number of hydrogen-bond donors (Lipinski definition) is 0. The predicted molar refractivity (Wildman–Crippen MR) is 117 cm³/mol. The number of carbonyl (C=O) groups is 2. The molecule has 0 radical (unpaired) electrons. The van der Waals surface area contributed by atoms with E-state index < -0.39 is 11.5 Å². The summed E-state index contributed by atoms with van der Waals surface area (Å²) < 4.78 is 17.9. The first kappa shape index (κ1) is 19.4. The van der Waals surface area contributed by atoms with E-state index in [-0.39, 0.29) is 23.8 Å². The molecule has 2 bridgehead atoms. The van der Waals surface area contributed by atoms with E-state index in [0.29, 0.717) is 44.1 Å². The van der Waals surface area contributed by atoms with Crippen molar-refractivity contribution in [3.05, 3.63) is 71.3 Å². The third kappa shape index (κ3) is 2.58. The fraction of sp³-hybridized carbons (Fsp3) is 0.385. The van der Waals surface area contributed by atoms with Crippen molar-refractivity contribution in [2.45, 2.75) is 43.9 Å². The summed E-state index contributed by atoms with van der Waals surface area (Å²) in [5.74, 6) is 1.38. The van der Waals surface area contributed by atoms with Crippen LogP contribution in [0.3, 0.4) is 0 Å². The van der Waals surface area contributed by atoms with E-state index in [1.165, 1.54) is 0 Å². The van der Waals surface area contributed by atoms with Crippen LogP contribution in [0.15, 0.2) is 54.6 Å². The van der Waals surface area contributed by atoms with Gasteiger partial charge in [-0.05, 0) is 43.0 Å². The largest absolute Gasteiger partial charge is 0.485 e. The van der Waals surface area contributed by atoms with Crippen molar-refractivity contribution in [1.29, 1.82) is 0 Å². The lowest BCUT2D eigenvalue weighted by Gasteiger charge is -2.55. The molecule has 2 aromatic rings. The van der Waals surface area contributed by atoms with Crippen LogP contribution in [-0.2, 0) is 28.0 Å². The Morgan fingerprint density at radius 2 is 2.06 bits per heavy atom. The minimum absolute atomic E-state index is 0.0114. The number of hydrogen-bond acceptors (Lipinski definition) is 5. The molecule has 32 heavy (non-hydrogen) atoms. The number of benzene rings is 2. The van der Waals surface area contributed by atoms with Gasteiger partial charge in [-0.1, -0.05) is 42.5 Å². The van der Waals surface area contributed by atoms with E-state index in [1.807, 2.05) is 54.3 Å².